The number of carbonyl (C=O) groups excluding carboxylic acids is 1. The summed E-state index contributed by atoms with van der Waals surface area (Å²) in [6, 6.07) is 20.9. The van der Waals surface area contributed by atoms with Gasteiger partial charge in [0.25, 0.3) is 0 Å². The first kappa shape index (κ1) is 12.6. The van der Waals surface area contributed by atoms with Crippen molar-refractivity contribution in [2.45, 2.75) is 30.8 Å². The molecule has 0 spiro atoms. The van der Waals surface area contributed by atoms with E-state index >= 15 is 0 Å². The molecule has 0 bridgehead atoms. The van der Waals surface area contributed by atoms with E-state index in [-0.39, 0.29) is 5.97 Å². The molecule has 2 fully saturated rings. The smallest absolute Gasteiger partial charge is 0.307 e. The summed E-state index contributed by atoms with van der Waals surface area (Å²) < 4.78 is 5.87. The number of esters is 1. The Morgan fingerprint density at radius 2 is 1.62 bits per heavy atom. The second kappa shape index (κ2) is 4.73. The van der Waals surface area contributed by atoms with Gasteiger partial charge in [-0.1, -0.05) is 60.7 Å². The van der Waals surface area contributed by atoms with Crippen LogP contribution in [0.15, 0.2) is 60.7 Å². The van der Waals surface area contributed by atoms with Crippen LogP contribution in [0.2, 0.25) is 0 Å². The molecule has 2 aromatic rings. The first-order valence-electron chi connectivity index (χ1n) is 7.60. The van der Waals surface area contributed by atoms with Crippen molar-refractivity contribution in [2.24, 2.45) is 5.92 Å². The zero-order valence-electron chi connectivity index (χ0n) is 11.9. The van der Waals surface area contributed by atoms with Crippen LogP contribution in [0.25, 0.3) is 0 Å². The minimum absolute atomic E-state index is 0.0460. The summed E-state index contributed by atoms with van der Waals surface area (Å²) in [5.41, 5.74) is 2.11. The molecule has 1 saturated carbocycles. The van der Waals surface area contributed by atoms with E-state index in [9.17, 15) is 4.79 Å². The highest BCUT2D eigenvalue weighted by Gasteiger charge is 2.56. The van der Waals surface area contributed by atoms with Crippen molar-refractivity contribution in [1.29, 1.82) is 0 Å². The highest BCUT2D eigenvalue weighted by Crippen LogP contribution is 2.57. The predicted octanol–water partition coefficient (Wildman–Crippen LogP) is 4.02. The third-order valence-electron chi connectivity index (χ3n) is 5.02. The Labute approximate surface area is 124 Å². The monoisotopic (exact) mass is 278 g/mol. The third-order valence-corrected chi connectivity index (χ3v) is 5.02. The Kier molecular flexibility index (Phi) is 2.85. The maximum absolute atomic E-state index is 11.9. The molecule has 3 atom stereocenters. The third kappa shape index (κ3) is 1.98. The SMILES string of the molecule is O=C1C[C@H]2C[C@@H](c3ccccc3)C[C@@]2(c2ccccc2)O1. The van der Waals surface area contributed by atoms with Gasteiger partial charge in [0.15, 0.2) is 0 Å². The second-order valence-electron chi connectivity index (χ2n) is 6.18. The van der Waals surface area contributed by atoms with Crippen molar-refractivity contribution < 1.29 is 9.53 Å². The molecule has 1 aliphatic heterocycles. The molecule has 2 heteroatoms. The van der Waals surface area contributed by atoms with Crippen LogP contribution in [0.1, 0.15) is 36.3 Å². The Bertz CT molecular complexity index is 650. The molecule has 106 valence electrons. The summed E-state index contributed by atoms with van der Waals surface area (Å²) in [5, 5.41) is 0. The lowest BCUT2D eigenvalue weighted by atomic mass is 9.84. The quantitative estimate of drug-likeness (QED) is 0.775. The molecule has 0 N–H and O–H groups in total. The van der Waals surface area contributed by atoms with E-state index < -0.39 is 5.60 Å². The molecule has 1 saturated heterocycles. The summed E-state index contributed by atoms with van der Waals surface area (Å²) in [5.74, 6) is 0.734. The summed E-state index contributed by atoms with van der Waals surface area (Å²) in [6.07, 6.45) is 2.49. The average Bonchev–Trinajstić information content (AvgIpc) is 3.03. The van der Waals surface area contributed by atoms with E-state index in [2.05, 4.69) is 36.4 Å². The van der Waals surface area contributed by atoms with Crippen molar-refractivity contribution >= 4 is 5.97 Å². The van der Waals surface area contributed by atoms with Crippen LogP contribution in [-0.4, -0.2) is 5.97 Å². The van der Waals surface area contributed by atoms with Crippen molar-refractivity contribution in [3.8, 4) is 0 Å². The van der Waals surface area contributed by atoms with Crippen LogP contribution in [0.5, 0.6) is 0 Å². The van der Waals surface area contributed by atoms with Crippen molar-refractivity contribution in [3.63, 3.8) is 0 Å². The number of hydrogen-bond acceptors (Lipinski definition) is 2. The topological polar surface area (TPSA) is 26.3 Å². The number of fused-ring (bicyclic) bond motifs is 1. The lowest BCUT2D eigenvalue weighted by Gasteiger charge is -2.28. The average molecular weight is 278 g/mol. The molecule has 2 aliphatic rings. The van der Waals surface area contributed by atoms with Crippen molar-refractivity contribution in [1.82, 2.24) is 0 Å². The van der Waals surface area contributed by atoms with Gasteiger partial charge in [0.05, 0.1) is 6.42 Å². The highest BCUT2D eigenvalue weighted by atomic mass is 16.6. The van der Waals surface area contributed by atoms with Gasteiger partial charge in [-0.15, -0.1) is 0 Å². The Hall–Kier alpha value is -2.09. The van der Waals surface area contributed by atoms with E-state index in [4.69, 9.17) is 4.74 Å². The maximum Gasteiger partial charge on any atom is 0.307 e. The molecule has 0 aromatic heterocycles. The van der Waals surface area contributed by atoms with Crippen LogP contribution < -0.4 is 0 Å². The molecule has 0 radical (unpaired) electrons. The number of benzene rings is 2. The van der Waals surface area contributed by atoms with E-state index in [1.54, 1.807) is 0 Å². The number of ether oxygens (including phenoxy) is 1. The first-order valence-corrected chi connectivity index (χ1v) is 7.60. The normalized spacial score (nSPS) is 31.0. The van der Waals surface area contributed by atoms with E-state index in [0.29, 0.717) is 18.3 Å². The summed E-state index contributed by atoms with van der Waals surface area (Å²) in [4.78, 5) is 11.9. The standard InChI is InChI=1S/C19H18O2/c20-18-12-17-11-15(14-7-3-1-4-8-14)13-19(17,21-18)16-9-5-2-6-10-16/h1-10,15,17H,11-13H2/t15-,17-,19+/m1/s1. The maximum atomic E-state index is 11.9. The predicted molar refractivity (Wildman–Crippen MR) is 80.7 cm³/mol. The van der Waals surface area contributed by atoms with Crippen molar-refractivity contribution in [2.75, 3.05) is 0 Å². The highest BCUT2D eigenvalue weighted by molar-refractivity contribution is 5.74. The van der Waals surface area contributed by atoms with Crippen LogP contribution >= 0.6 is 0 Å². The molecule has 1 aliphatic carbocycles. The minimum Gasteiger partial charge on any atom is -0.454 e. The molecule has 0 amide bonds. The summed E-state index contributed by atoms with van der Waals surface area (Å²) >= 11 is 0. The lowest BCUT2D eigenvalue weighted by molar-refractivity contribution is -0.150. The van der Waals surface area contributed by atoms with Gasteiger partial charge in [0.2, 0.25) is 0 Å². The van der Waals surface area contributed by atoms with Crippen LogP contribution in [0, 0.1) is 5.92 Å². The van der Waals surface area contributed by atoms with Crippen LogP contribution in [0.4, 0.5) is 0 Å². The fourth-order valence-corrected chi connectivity index (χ4v) is 4.08. The molecular formula is C19H18O2. The molecule has 2 nitrogen and oxygen atoms in total. The minimum atomic E-state index is -0.404. The number of hydrogen-bond donors (Lipinski definition) is 0. The zero-order chi connectivity index (χ0) is 14.3. The van der Waals surface area contributed by atoms with E-state index in [0.717, 1.165) is 18.4 Å². The van der Waals surface area contributed by atoms with E-state index in [1.165, 1.54) is 5.56 Å². The van der Waals surface area contributed by atoms with Gasteiger partial charge < -0.3 is 4.74 Å². The van der Waals surface area contributed by atoms with Crippen LogP contribution in [0.3, 0.4) is 0 Å². The second-order valence-corrected chi connectivity index (χ2v) is 6.18. The largest absolute Gasteiger partial charge is 0.454 e. The van der Waals surface area contributed by atoms with Gasteiger partial charge in [0, 0.05) is 5.92 Å². The first-order chi connectivity index (χ1) is 10.3. The zero-order valence-corrected chi connectivity index (χ0v) is 11.9. The van der Waals surface area contributed by atoms with Gasteiger partial charge in [-0.3, -0.25) is 4.79 Å². The molecule has 1 heterocycles. The number of carbonyl (C=O) groups is 1. The van der Waals surface area contributed by atoms with Crippen LogP contribution in [-0.2, 0) is 15.1 Å². The molecule has 0 unspecified atom stereocenters. The Balaban J connectivity index is 1.72. The molecule has 4 rings (SSSR count). The molecular weight excluding hydrogens is 260 g/mol. The van der Waals surface area contributed by atoms with Gasteiger partial charge in [0.1, 0.15) is 5.60 Å². The lowest BCUT2D eigenvalue weighted by Crippen LogP contribution is -2.28. The summed E-state index contributed by atoms with van der Waals surface area (Å²) in [7, 11) is 0. The van der Waals surface area contributed by atoms with Gasteiger partial charge in [-0.25, -0.2) is 0 Å². The Morgan fingerprint density at radius 3 is 2.33 bits per heavy atom. The Morgan fingerprint density at radius 1 is 0.952 bits per heavy atom. The van der Waals surface area contributed by atoms with Gasteiger partial charge >= 0.3 is 5.97 Å². The number of rotatable bonds is 2. The van der Waals surface area contributed by atoms with Gasteiger partial charge in [-0.05, 0) is 29.9 Å². The van der Waals surface area contributed by atoms with E-state index in [1.807, 2.05) is 24.3 Å². The fraction of sp³-hybridized carbons (Fsp3) is 0.316. The van der Waals surface area contributed by atoms with Gasteiger partial charge in [-0.2, -0.15) is 0 Å². The van der Waals surface area contributed by atoms with Crippen molar-refractivity contribution in [3.05, 3.63) is 71.8 Å². The summed E-state index contributed by atoms with van der Waals surface area (Å²) in [6.45, 7) is 0. The fourth-order valence-electron chi connectivity index (χ4n) is 4.08. The molecule has 2 aromatic carbocycles. The molecule has 21 heavy (non-hydrogen) atoms.